The topological polar surface area (TPSA) is 34.1 Å². The Morgan fingerprint density at radius 2 is 1.40 bits per heavy atom. The molecule has 0 rings (SSSR count). The Kier molecular flexibility index (Phi) is 9.08. The van der Waals surface area contributed by atoms with Gasteiger partial charge < -0.3 is 0 Å². The molecule has 0 aliphatic heterocycles. The third-order valence-corrected chi connectivity index (χ3v) is 0. The molecule has 0 aromatic heterocycles. The Balaban J connectivity index is 0. The molecule has 0 aromatic rings. The second kappa shape index (κ2) is 4.88. The summed E-state index contributed by atoms with van der Waals surface area (Å²) in [4.78, 5) is 0. The number of rotatable bonds is 0. The molecule has 0 saturated heterocycles. The standard InChI is InChI=1S/FHO2S.Na.H/c1-4(2)3;;/h4H;;. The van der Waals surface area contributed by atoms with E-state index < -0.39 is 11.1 Å². The molecule has 0 atom stereocenters. The third-order valence-electron chi connectivity index (χ3n) is 0. The van der Waals surface area contributed by atoms with Crippen LogP contribution in [-0.2, 0) is 11.1 Å². The third kappa shape index (κ3) is 52.3. The Morgan fingerprint density at radius 3 is 1.40 bits per heavy atom. The summed E-state index contributed by atoms with van der Waals surface area (Å²) in [5, 5.41) is 0. The number of hydrogen-bond donors (Lipinski definition) is 1. The van der Waals surface area contributed by atoms with Gasteiger partial charge in [0.05, 0.1) is 0 Å². The van der Waals surface area contributed by atoms with Gasteiger partial charge in [-0.3, -0.25) is 0 Å². The van der Waals surface area contributed by atoms with E-state index in [9.17, 15) is 3.89 Å². The molecule has 0 bridgehead atoms. The molecule has 0 aliphatic rings. The zero-order chi connectivity index (χ0) is 3.58. The summed E-state index contributed by atoms with van der Waals surface area (Å²) in [6.07, 6.45) is 0. The summed E-state index contributed by atoms with van der Waals surface area (Å²) < 4.78 is 26.7. The summed E-state index contributed by atoms with van der Waals surface area (Å²) in [5.41, 5.74) is 0. The van der Waals surface area contributed by atoms with Crippen molar-refractivity contribution in [3.8, 4) is 0 Å². The number of halogens is 1. The van der Waals surface area contributed by atoms with Crippen LogP contribution in [0.25, 0.3) is 0 Å². The molecule has 28 valence electrons. The Morgan fingerprint density at radius 1 is 1.40 bits per heavy atom. The average molecular weight is 108 g/mol. The quantitative estimate of drug-likeness (QED) is 0.241. The van der Waals surface area contributed by atoms with Gasteiger partial charge in [0.15, 0.2) is 0 Å². The van der Waals surface area contributed by atoms with Gasteiger partial charge in [-0.2, -0.15) is 8.42 Å². The van der Waals surface area contributed by atoms with Crippen molar-refractivity contribution in [2.75, 3.05) is 0 Å². The summed E-state index contributed by atoms with van der Waals surface area (Å²) in [6, 6.07) is 0. The van der Waals surface area contributed by atoms with Crippen molar-refractivity contribution in [2.24, 2.45) is 0 Å². The van der Waals surface area contributed by atoms with Crippen LogP contribution in [0.5, 0.6) is 0 Å². The molecule has 0 saturated carbocycles. The van der Waals surface area contributed by atoms with E-state index in [0.717, 1.165) is 0 Å². The maximum atomic E-state index is 9.95. The van der Waals surface area contributed by atoms with E-state index in [1.54, 1.807) is 0 Å². The zero-order valence-corrected chi connectivity index (χ0v) is 2.54. The molecular weight excluding hydrogens is 106 g/mol. The van der Waals surface area contributed by atoms with Gasteiger partial charge in [0.1, 0.15) is 0 Å². The first kappa shape index (κ1) is 9.30. The van der Waals surface area contributed by atoms with E-state index in [4.69, 9.17) is 8.42 Å². The minimum atomic E-state index is -3.62. The first-order valence-corrected chi connectivity index (χ1v) is 1.60. The van der Waals surface area contributed by atoms with Gasteiger partial charge in [0, 0.05) is 0 Å². The molecule has 0 N–H and O–H groups in total. The van der Waals surface area contributed by atoms with Crippen LogP contribution < -0.4 is 0 Å². The second-order valence-corrected chi connectivity index (χ2v) is 0.638. The minimum absolute atomic E-state index is 0. The number of hydrogen-bond acceptors (Lipinski definition) is 2. The van der Waals surface area contributed by atoms with E-state index in [1.807, 2.05) is 0 Å². The monoisotopic (exact) mass is 108 g/mol. The van der Waals surface area contributed by atoms with Crippen LogP contribution in [0, 0.1) is 0 Å². The van der Waals surface area contributed by atoms with E-state index in [1.165, 1.54) is 0 Å². The summed E-state index contributed by atoms with van der Waals surface area (Å²) in [7, 11) is 0. The van der Waals surface area contributed by atoms with E-state index in [-0.39, 0.29) is 29.6 Å². The maximum absolute atomic E-state index is 9.95. The van der Waals surface area contributed by atoms with Crippen molar-refractivity contribution in [3.63, 3.8) is 0 Å². The summed E-state index contributed by atoms with van der Waals surface area (Å²) in [5.74, 6) is 0. The van der Waals surface area contributed by atoms with E-state index in [0.29, 0.717) is 0 Å². The molecule has 0 aliphatic carbocycles. The van der Waals surface area contributed by atoms with Crippen molar-refractivity contribution in [3.05, 3.63) is 0 Å². The fourth-order valence-electron chi connectivity index (χ4n) is 0. The van der Waals surface area contributed by atoms with Crippen molar-refractivity contribution in [1.29, 1.82) is 0 Å². The Hall–Kier alpha value is 0.880. The van der Waals surface area contributed by atoms with Crippen molar-refractivity contribution in [1.82, 2.24) is 0 Å². The van der Waals surface area contributed by atoms with Crippen LogP contribution in [0.2, 0.25) is 0 Å². The Labute approximate surface area is 52.9 Å². The van der Waals surface area contributed by atoms with Crippen molar-refractivity contribution >= 4 is 40.6 Å². The van der Waals surface area contributed by atoms with Crippen molar-refractivity contribution in [2.45, 2.75) is 0 Å². The molecule has 0 heterocycles. The van der Waals surface area contributed by atoms with Gasteiger partial charge in [-0.1, -0.05) is 0 Å². The molecule has 0 radical (unpaired) electrons. The normalized spacial score (nSPS) is 6.80. The molecule has 0 amide bonds. The summed E-state index contributed by atoms with van der Waals surface area (Å²) >= 11 is -3.62. The molecule has 0 unspecified atom stereocenters. The predicted octanol–water partition coefficient (Wildman–Crippen LogP) is -1.17. The average Bonchev–Trinajstić information content (AvgIpc) is 0.811. The van der Waals surface area contributed by atoms with Crippen LogP contribution in [0.15, 0.2) is 0 Å². The second-order valence-electron chi connectivity index (χ2n) is 0.213. The molecule has 5 heavy (non-hydrogen) atoms. The fraction of sp³-hybridized carbons (Fsp3) is 0. The van der Waals surface area contributed by atoms with Gasteiger partial charge in [0.2, 0.25) is 0 Å². The first-order chi connectivity index (χ1) is 1.73. The van der Waals surface area contributed by atoms with Gasteiger partial charge in [-0.15, -0.1) is 3.89 Å². The van der Waals surface area contributed by atoms with E-state index in [2.05, 4.69) is 0 Å². The first-order valence-electron chi connectivity index (χ1n) is 0.534. The molecule has 0 fully saturated rings. The van der Waals surface area contributed by atoms with Crippen LogP contribution in [0.1, 0.15) is 0 Å². The summed E-state index contributed by atoms with van der Waals surface area (Å²) in [6.45, 7) is 0. The Bertz CT molecular complexity index is 58.0. The van der Waals surface area contributed by atoms with Gasteiger partial charge >= 0.3 is 29.6 Å². The van der Waals surface area contributed by atoms with Crippen LogP contribution >= 0.6 is 0 Å². The van der Waals surface area contributed by atoms with Gasteiger partial charge in [-0.05, 0) is 0 Å². The zero-order valence-electron chi connectivity index (χ0n) is 1.64. The van der Waals surface area contributed by atoms with Crippen LogP contribution in [-0.4, -0.2) is 38.0 Å². The van der Waals surface area contributed by atoms with Crippen LogP contribution in [0.4, 0.5) is 3.89 Å². The fourth-order valence-corrected chi connectivity index (χ4v) is 0. The SMILES string of the molecule is O=[SH](=O)F.[NaH]. The van der Waals surface area contributed by atoms with Gasteiger partial charge in [0.25, 0.3) is 11.1 Å². The molecule has 2 nitrogen and oxygen atoms in total. The van der Waals surface area contributed by atoms with Crippen molar-refractivity contribution < 1.29 is 12.3 Å². The number of thiol groups is 1. The molecule has 0 spiro atoms. The van der Waals surface area contributed by atoms with E-state index >= 15 is 0 Å². The predicted molar refractivity (Wildman–Crippen MR) is 18.6 cm³/mol. The molecule has 5 heteroatoms. The van der Waals surface area contributed by atoms with Gasteiger partial charge in [-0.25, -0.2) is 0 Å². The molecule has 0 aromatic carbocycles. The molecular formula is H2FNaO2S. The van der Waals surface area contributed by atoms with Crippen LogP contribution in [0.3, 0.4) is 0 Å².